The van der Waals surface area contributed by atoms with Crippen molar-refractivity contribution in [2.45, 2.75) is 70.4 Å². The number of nitrogens with one attached hydrogen (secondary N) is 3. The number of aryl methyl sites for hydroxylation is 1. The first kappa shape index (κ1) is 28.1. The maximum Gasteiger partial charge on any atom is 0.402 e. The zero-order valence-corrected chi connectivity index (χ0v) is 22.3. The van der Waals surface area contributed by atoms with E-state index in [0.29, 0.717) is 29.9 Å². The van der Waals surface area contributed by atoms with Gasteiger partial charge in [0, 0.05) is 24.8 Å². The van der Waals surface area contributed by atoms with Gasteiger partial charge in [-0.2, -0.15) is 9.97 Å². The zero-order valence-electron chi connectivity index (χ0n) is 21.4. The lowest BCUT2D eigenvalue weighted by Crippen LogP contribution is -2.27. The van der Waals surface area contributed by atoms with E-state index in [-0.39, 0.29) is 10.8 Å². The molecule has 0 bridgehead atoms. The summed E-state index contributed by atoms with van der Waals surface area (Å²) >= 11 is 0. The number of hydrogen-bond acceptors (Lipinski definition) is 8. The van der Waals surface area contributed by atoms with Crippen molar-refractivity contribution < 1.29 is 18.3 Å². The summed E-state index contributed by atoms with van der Waals surface area (Å²) in [6, 6.07) is 7.04. The predicted molar refractivity (Wildman–Crippen MR) is 143 cm³/mol. The lowest BCUT2D eigenvalue weighted by molar-refractivity contribution is 0.205. The van der Waals surface area contributed by atoms with Crippen LogP contribution in [-0.2, 0) is 16.6 Å². The summed E-state index contributed by atoms with van der Waals surface area (Å²) in [7, 11) is -3.53. The quantitative estimate of drug-likeness (QED) is 0.273. The molecule has 2 aromatic heterocycles. The van der Waals surface area contributed by atoms with Crippen molar-refractivity contribution in [3.8, 4) is 0 Å². The van der Waals surface area contributed by atoms with Crippen LogP contribution in [0, 0.1) is 5.92 Å². The van der Waals surface area contributed by atoms with E-state index in [9.17, 15) is 8.42 Å². The Morgan fingerprint density at radius 2 is 1.81 bits per heavy atom. The molecule has 1 amide bonds. The number of benzene rings is 1. The minimum atomic E-state index is -3.53. The number of fused-ring (bicyclic) bond motifs is 1. The van der Waals surface area contributed by atoms with Crippen LogP contribution in [0.2, 0.25) is 0 Å². The summed E-state index contributed by atoms with van der Waals surface area (Å²) in [6.07, 6.45) is 6.41. The SMILES string of the molecule is CCn1cnc2c(Nc3ccc(S(=O)(=O)NCC(C)C)cc3)nc(NC3CCCCC3)nc21.NC(=O)O. The first-order valence-electron chi connectivity index (χ1n) is 12.4. The van der Waals surface area contributed by atoms with Crippen molar-refractivity contribution in [3.63, 3.8) is 0 Å². The minimum Gasteiger partial charge on any atom is -0.465 e. The number of hydrogen-bond donors (Lipinski definition) is 5. The summed E-state index contributed by atoms with van der Waals surface area (Å²) in [5.74, 6) is 1.42. The molecule has 0 saturated heterocycles. The molecule has 1 aliphatic carbocycles. The van der Waals surface area contributed by atoms with Crippen molar-refractivity contribution in [1.29, 1.82) is 0 Å². The van der Waals surface area contributed by atoms with Gasteiger partial charge in [-0.25, -0.2) is 22.9 Å². The Morgan fingerprint density at radius 3 is 2.41 bits per heavy atom. The number of primary amides is 1. The summed E-state index contributed by atoms with van der Waals surface area (Å²) in [6.45, 7) is 7.14. The van der Waals surface area contributed by atoms with Gasteiger partial charge in [-0.05, 0) is 49.9 Å². The van der Waals surface area contributed by atoms with E-state index < -0.39 is 16.1 Å². The van der Waals surface area contributed by atoms with E-state index in [0.717, 1.165) is 30.7 Å². The average Bonchev–Trinajstić information content (AvgIpc) is 3.27. The van der Waals surface area contributed by atoms with E-state index in [2.05, 4.69) is 33.0 Å². The fourth-order valence-electron chi connectivity index (χ4n) is 3.97. The molecule has 202 valence electrons. The summed E-state index contributed by atoms with van der Waals surface area (Å²) in [5.41, 5.74) is 6.21. The molecule has 12 nitrogen and oxygen atoms in total. The number of carboxylic acid groups (broad SMARTS) is 1. The highest BCUT2D eigenvalue weighted by atomic mass is 32.2. The van der Waals surface area contributed by atoms with Gasteiger partial charge in [0.1, 0.15) is 0 Å². The van der Waals surface area contributed by atoms with Gasteiger partial charge in [-0.1, -0.05) is 33.1 Å². The highest BCUT2D eigenvalue weighted by Crippen LogP contribution is 2.27. The van der Waals surface area contributed by atoms with Gasteiger partial charge in [0.15, 0.2) is 17.0 Å². The fourth-order valence-corrected chi connectivity index (χ4v) is 5.18. The Labute approximate surface area is 217 Å². The molecule has 0 spiro atoms. The van der Waals surface area contributed by atoms with E-state index in [1.54, 1.807) is 30.6 Å². The Balaban J connectivity index is 0.000000886. The van der Waals surface area contributed by atoms with Crippen molar-refractivity contribution >= 4 is 44.7 Å². The lowest BCUT2D eigenvalue weighted by atomic mass is 9.96. The third-order valence-electron chi connectivity index (χ3n) is 5.85. The third kappa shape index (κ3) is 8.02. The Morgan fingerprint density at radius 1 is 1.16 bits per heavy atom. The monoisotopic (exact) mass is 532 g/mol. The summed E-state index contributed by atoms with van der Waals surface area (Å²) in [5, 5.41) is 14.0. The van der Waals surface area contributed by atoms with Crippen LogP contribution in [0.25, 0.3) is 11.2 Å². The molecule has 37 heavy (non-hydrogen) atoms. The molecular weight excluding hydrogens is 496 g/mol. The van der Waals surface area contributed by atoms with Gasteiger partial charge in [0.05, 0.1) is 11.2 Å². The molecule has 3 aromatic rings. The Hall–Kier alpha value is -3.45. The van der Waals surface area contributed by atoms with Crippen molar-refractivity contribution in [1.82, 2.24) is 24.2 Å². The Kier molecular flexibility index (Phi) is 9.64. The zero-order chi connectivity index (χ0) is 27.0. The highest BCUT2D eigenvalue weighted by molar-refractivity contribution is 7.89. The van der Waals surface area contributed by atoms with Crippen LogP contribution in [-0.4, -0.2) is 51.7 Å². The normalized spacial score (nSPS) is 14.3. The van der Waals surface area contributed by atoms with Gasteiger partial charge >= 0.3 is 6.09 Å². The molecule has 1 aliphatic rings. The molecule has 0 radical (unpaired) electrons. The van der Waals surface area contributed by atoms with Crippen LogP contribution < -0.4 is 21.1 Å². The molecule has 13 heteroatoms. The second-order valence-corrected chi connectivity index (χ2v) is 11.1. The molecule has 0 aliphatic heterocycles. The molecule has 1 fully saturated rings. The molecule has 4 rings (SSSR count). The number of anilines is 3. The van der Waals surface area contributed by atoms with E-state index in [1.807, 2.05) is 18.4 Å². The molecular formula is C24H36N8O4S. The van der Waals surface area contributed by atoms with Crippen LogP contribution >= 0.6 is 0 Å². The van der Waals surface area contributed by atoms with Gasteiger partial charge in [0.2, 0.25) is 16.0 Å². The van der Waals surface area contributed by atoms with Gasteiger partial charge in [-0.3, -0.25) is 0 Å². The number of nitrogens with two attached hydrogens (primary N) is 1. The van der Waals surface area contributed by atoms with Crippen LogP contribution in [0.4, 0.5) is 22.2 Å². The minimum absolute atomic E-state index is 0.233. The number of aromatic nitrogens is 4. The number of rotatable bonds is 9. The second kappa shape index (κ2) is 12.7. The van der Waals surface area contributed by atoms with Gasteiger partial charge in [0.25, 0.3) is 0 Å². The van der Waals surface area contributed by atoms with Crippen LogP contribution in [0.3, 0.4) is 0 Å². The molecule has 1 saturated carbocycles. The molecule has 1 aromatic carbocycles. The maximum absolute atomic E-state index is 12.5. The molecule has 0 atom stereocenters. The van der Waals surface area contributed by atoms with E-state index in [4.69, 9.17) is 19.9 Å². The van der Waals surface area contributed by atoms with Gasteiger partial charge in [-0.15, -0.1) is 0 Å². The number of imidazole rings is 1. The molecule has 2 heterocycles. The van der Waals surface area contributed by atoms with Crippen molar-refractivity contribution in [2.24, 2.45) is 11.7 Å². The summed E-state index contributed by atoms with van der Waals surface area (Å²) in [4.78, 5) is 23.0. The van der Waals surface area contributed by atoms with Crippen LogP contribution in [0.5, 0.6) is 0 Å². The number of sulfonamides is 1. The highest BCUT2D eigenvalue weighted by Gasteiger charge is 2.18. The maximum atomic E-state index is 12.5. The summed E-state index contributed by atoms with van der Waals surface area (Å²) < 4.78 is 29.6. The number of amides is 1. The number of carbonyl (C=O) groups is 1. The Bertz CT molecular complexity index is 1280. The molecule has 6 N–H and O–H groups in total. The third-order valence-corrected chi connectivity index (χ3v) is 7.29. The standard InChI is InChI=1S/C23H33N7O2S.CH3NO2/c1-4-30-15-24-20-21(28-23(29-22(20)30)27-17-8-6-5-7-9-17)26-18-10-12-19(13-11-18)33(31,32)25-14-16(2)3;2-1(3)4/h10-13,15-17,25H,4-9,14H2,1-3H3,(H2,26,27,28,29);2H2,(H,3,4). The first-order valence-corrected chi connectivity index (χ1v) is 13.9. The average molecular weight is 533 g/mol. The smallest absolute Gasteiger partial charge is 0.402 e. The second-order valence-electron chi connectivity index (χ2n) is 9.31. The first-order chi connectivity index (χ1) is 17.6. The predicted octanol–water partition coefficient (Wildman–Crippen LogP) is 3.89. The largest absolute Gasteiger partial charge is 0.465 e. The van der Waals surface area contributed by atoms with E-state index >= 15 is 0 Å². The topological polar surface area (TPSA) is 177 Å². The van der Waals surface area contributed by atoms with Gasteiger partial charge < -0.3 is 26.0 Å². The fraction of sp³-hybridized carbons (Fsp3) is 0.500. The van der Waals surface area contributed by atoms with Crippen molar-refractivity contribution in [2.75, 3.05) is 17.2 Å². The lowest BCUT2D eigenvalue weighted by Gasteiger charge is -2.23. The molecule has 0 unspecified atom stereocenters. The van der Waals surface area contributed by atoms with E-state index in [1.165, 1.54) is 19.3 Å². The number of nitrogens with zero attached hydrogens (tertiary/aromatic N) is 4. The van der Waals surface area contributed by atoms with Crippen molar-refractivity contribution in [3.05, 3.63) is 30.6 Å². The van der Waals surface area contributed by atoms with Crippen LogP contribution in [0.15, 0.2) is 35.5 Å². The van der Waals surface area contributed by atoms with Crippen LogP contribution in [0.1, 0.15) is 52.9 Å².